The Labute approximate surface area is 186 Å². The summed E-state index contributed by atoms with van der Waals surface area (Å²) in [6.45, 7) is 5.42. The average molecular weight is 432 g/mol. The van der Waals surface area contributed by atoms with Gasteiger partial charge in [0.15, 0.2) is 0 Å². The largest absolute Gasteiger partial charge is 0.473 e. The van der Waals surface area contributed by atoms with Crippen molar-refractivity contribution in [2.45, 2.75) is 44.8 Å². The van der Waals surface area contributed by atoms with Gasteiger partial charge in [-0.05, 0) is 43.5 Å². The Morgan fingerprint density at radius 3 is 3.12 bits per heavy atom. The lowest BCUT2D eigenvalue weighted by molar-refractivity contribution is 0.209. The molecule has 0 amide bonds. The number of hydrogen-bond acceptors (Lipinski definition) is 8. The molecule has 9 nitrogen and oxygen atoms in total. The number of benzene rings is 1. The molecule has 0 radical (unpaired) electrons. The molecule has 2 aliphatic rings. The molecule has 9 heteroatoms. The molecule has 2 aliphatic heterocycles. The minimum absolute atomic E-state index is 0.0108. The number of anilines is 3. The van der Waals surface area contributed by atoms with Crippen LogP contribution < -0.4 is 15.4 Å². The summed E-state index contributed by atoms with van der Waals surface area (Å²) in [5, 5.41) is 30.5. The topological polar surface area (TPSA) is 121 Å². The van der Waals surface area contributed by atoms with Crippen LogP contribution in [0, 0.1) is 11.3 Å². The van der Waals surface area contributed by atoms with Gasteiger partial charge in [0.05, 0.1) is 35.9 Å². The van der Waals surface area contributed by atoms with Gasteiger partial charge in [0.25, 0.3) is 0 Å². The van der Waals surface area contributed by atoms with Crippen LogP contribution in [0.2, 0.25) is 0 Å². The summed E-state index contributed by atoms with van der Waals surface area (Å²) in [6.07, 6.45) is 5.52. The Hall–Kier alpha value is -3.64. The predicted octanol–water partition coefficient (Wildman–Crippen LogP) is 3.19. The lowest BCUT2D eigenvalue weighted by atomic mass is 9.83. The van der Waals surface area contributed by atoms with Gasteiger partial charge in [0, 0.05) is 30.3 Å². The van der Waals surface area contributed by atoms with Crippen molar-refractivity contribution in [2.75, 3.05) is 23.8 Å². The van der Waals surface area contributed by atoms with Gasteiger partial charge >= 0.3 is 0 Å². The monoisotopic (exact) mass is 431 g/mol. The van der Waals surface area contributed by atoms with Crippen molar-refractivity contribution >= 4 is 17.3 Å². The molecule has 0 fully saturated rings. The van der Waals surface area contributed by atoms with Crippen LogP contribution in [0.4, 0.5) is 17.3 Å². The van der Waals surface area contributed by atoms with E-state index in [0.29, 0.717) is 29.6 Å². The highest BCUT2D eigenvalue weighted by Crippen LogP contribution is 2.41. The van der Waals surface area contributed by atoms with Crippen LogP contribution in [-0.4, -0.2) is 44.1 Å². The van der Waals surface area contributed by atoms with Gasteiger partial charge in [-0.2, -0.15) is 10.4 Å². The highest BCUT2D eigenvalue weighted by molar-refractivity contribution is 5.76. The van der Waals surface area contributed by atoms with E-state index in [4.69, 9.17) is 4.74 Å². The van der Waals surface area contributed by atoms with Gasteiger partial charge in [-0.1, -0.05) is 6.92 Å². The zero-order valence-electron chi connectivity index (χ0n) is 18.1. The Morgan fingerprint density at radius 2 is 2.31 bits per heavy atom. The summed E-state index contributed by atoms with van der Waals surface area (Å²) in [5.74, 6) is 1.11. The molecule has 0 saturated heterocycles. The van der Waals surface area contributed by atoms with Crippen LogP contribution in [-0.2, 0) is 12.0 Å². The molecular formula is C23H25N7O2. The Balaban J connectivity index is 1.49. The number of nitrogens with one attached hydrogen (secondary N) is 2. The van der Waals surface area contributed by atoms with Crippen LogP contribution in [0.25, 0.3) is 11.3 Å². The van der Waals surface area contributed by atoms with Gasteiger partial charge in [0.1, 0.15) is 11.8 Å². The molecule has 1 unspecified atom stereocenters. The second-order valence-electron chi connectivity index (χ2n) is 8.68. The minimum atomic E-state index is -0.450. The number of aliphatic hydroxyl groups is 1. The number of hydrogen-bond donors (Lipinski definition) is 3. The van der Waals surface area contributed by atoms with Gasteiger partial charge in [-0.3, -0.25) is 0 Å². The van der Waals surface area contributed by atoms with Crippen molar-refractivity contribution in [3.8, 4) is 23.2 Å². The van der Waals surface area contributed by atoms with E-state index in [1.54, 1.807) is 12.4 Å². The lowest BCUT2D eigenvalue weighted by Crippen LogP contribution is -2.28. The average Bonchev–Trinajstić information content (AvgIpc) is 3.27. The molecule has 0 aliphatic carbocycles. The number of ether oxygens (including phenoxy) is 1. The van der Waals surface area contributed by atoms with Crippen molar-refractivity contribution < 1.29 is 9.84 Å². The third kappa shape index (κ3) is 3.42. The smallest absolute Gasteiger partial charge is 0.236 e. The van der Waals surface area contributed by atoms with Crippen molar-refractivity contribution in [3.05, 3.63) is 41.7 Å². The molecule has 2 atom stereocenters. The second-order valence-corrected chi connectivity index (χ2v) is 8.68. The summed E-state index contributed by atoms with van der Waals surface area (Å²) in [5.41, 5.74) is 4.00. The summed E-state index contributed by atoms with van der Waals surface area (Å²) in [7, 11) is 0. The Kier molecular flexibility index (Phi) is 4.94. The molecule has 0 saturated carbocycles. The molecule has 1 aromatic carbocycles. The number of fused-ring (bicyclic) bond motifs is 2. The number of aliphatic hydroxyl groups excluding tert-OH is 1. The minimum Gasteiger partial charge on any atom is -0.473 e. The molecule has 4 heterocycles. The molecule has 3 aromatic rings. The summed E-state index contributed by atoms with van der Waals surface area (Å²) in [6, 6.07) is 7.89. The zero-order valence-corrected chi connectivity index (χ0v) is 18.1. The summed E-state index contributed by atoms with van der Waals surface area (Å²) in [4.78, 5) is 9.04. The number of aromatic nitrogens is 4. The standard InChI is InChI=1S/C23H25N7O2/c1-14-4-3-7-30-21(32-14)19(11-27-30)29-22-25-6-5-18(28-22)15-8-16(10-24)20-17(9-15)23(2,13-31)12-26-20/h5-6,8-9,11,14,26,31H,3-4,7,12-13H2,1-2H3,(H,25,28,29)/t14?,23-/m1/s1. The highest BCUT2D eigenvalue weighted by Gasteiger charge is 2.36. The van der Waals surface area contributed by atoms with Crippen LogP contribution in [0.5, 0.6) is 5.88 Å². The predicted molar refractivity (Wildman–Crippen MR) is 120 cm³/mol. The number of rotatable bonds is 4. The second kappa shape index (κ2) is 7.80. The van der Waals surface area contributed by atoms with Crippen molar-refractivity contribution in [1.82, 2.24) is 19.7 Å². The maximum absolute atomic E-state index is 9.94. The van der Waals surface area contributed by atoms with Gasteiger partial charge < -0.3 is 20.5 Å². The molecule has 32 heavy (non-hydrogen) atoms. The maximum Gasteiger partial charge on any atom is 0.236 e. The molecule has 5 rings (SSSR count). The van der Waals surface area contributed by atoms with E-state index in [0.717, 1.165) is 41.9 Å². The van der Waals surface area contributed by atoms with Crippen LogP contribution in [0.15, 0.2) is 30.6 Å². The summed E-state index contributed by atoms with van der Waals surface area (Å²) >= 11 is 0. The third-order valence-corrected chi connectivity index (χ3v) is 6.20. The molecule has 0 bridgehead atoms. The molecule has 164 valence electrons. The van der Waals surface area contributed by atoms with Crippen molar-refractivity contribution in [1.29, 1.82) is 5.26 Å². The zero-order chi connectivity index (χ0) is 22.3. The van der Waals surface area contributed by atoms with E-state index < -0.39 is 5.41 Å². The maximum atomic E-state index is 9.94. The van der Waals surface area contributed by atoms with Crippen molar-refractivity contribution in [2.24, 2.45) is 0 Å². The first-order chi connectivity index (χ1) is 15.5. The number of nitriles is 1. The van der Waals surface area contributed by atoms with Crippen LogP contribution >= 0.6 is 0 Å². The van der Waals surface area contributed by atoms with Gasteiger partial charge in [-0.25, -0.2) is 14.6 Å². The van der Waals surface area contributed by atoms with Crippen LogP contribution in [0.3, 0.4) is 0 Å². The third-order valence-electron chi connectivity index (χ3n) is 6.20. The van der Waals surface area contributed by atoms with Gasteiger partial charge in [0.2, 0.25) is 11.8 Å². The quantitative estimate of drug-likeness (QED) is 0.576. The fourth-order valence-corrected chi connectivity index (χ4v) is 4.29. The first-order valence-corrected chi connectivity index (χ1v) is 10.8. The van der Waals surface area contributed by atoms with E-state index in [2.05, 4.69) is 38.7 Å². The summed E-state index contributed by atoms with van der Waals surface area (Å²) < 4.78 is 7.91. The van der Waals surface area contributed by atoms with E-state index in [9.17, 15) is 10.4 Å². The molecule has 3 N–H and O–H groups in total. The van der Waals surface area contributed by atoms with E-state index in [1.807, 2.05) is 29.8 Å². The number of nitrogens with zero attached hydrogens (tertiary/aromatic N) is 5. The SMILES string of the molecule is CC1CCCn2ncc(Nc3nccc(-c4cc(C#N)c5c(c4)[C@@](C)(CO)CN5)n3)c2O1. The Bertz CT molecular complexity index is 1220. The van der Waals surface area contributed by atoms with Gasteiger partial charge in [-0.15, -0.1) is 0 Å². The lowest BCUT2D eigenvalue weighted by Gasteiger charge is -2.21. The normalized spacial score (nSPS) is 21.5. The highest BCUT2D eigenvalue weighted by atomic mass is 16.5. The van der Waals surface area contributed by atoms with E-state index in [1.165, 1.54) is 0 Å². The first-order valence-electron chi connectivity index (χ1n) is 10.8. The molecule has 2 aromatic heterocycles. The first kappa shape index (κ1) is 20.3. The van der Waals surface area contributed by atoms with E-state index >= 15 is 0 Å². The Morgan fingerprint density at radius 1 is 1.44 bits per heavy atom. The fraction of sp³-hybridized carbons (Fsp3) is 0.391. The van der Waals surface area contributed by atoms with Crippen LogP contribution in [0.1, 0.15) is 37.8 Å². The van der Waals surface area contributed by atoms with E-state index in [-0.39, 0.29) is 12.7 Å². The molecular weight excluding hydrogens is 406 g/mol. The fourth-order valence-electron chi connectivity index (χ4n) is 4.29. The molecule has 0 spiro atoms. The van der Waals surface area contributed by atoms with Crippen molar-refractivity contribution in [3.63, 3.8) is 0 Å². The number of aryl methyl sites for hydroxylation is 1.